The number of halogens is 1. The van der Waals surface area contributed by atoms with Gasteiger partial charge in [-0.15, -0.1) is 0 Å². The molecule has 2 N–H and O–H groups in total. The molecule has 6 rings (SSSR count). The number of benzene rings is 1. The van der Waals surface area contributed by atoms with E-state index >= 15 is 0 Å². The number of aliphatic carboxylic acids is 1. The number of hydrogen-bond acceptors (Lipinski definition) is 6. The van der Waals surface area contributed by atoms with E-state index in [0.29, 0.717) is 54.6 Å². The van der Waals surface area contributed by atoms with Crippen LogP contribution in [0.4, 0.5) is 11.4 Å². The smallest absolute Gasteiger partial charge is 0.338 e. The van der Waals surface area contributed by atoms with E-state index in [1.54, 1.807) is 31.2 Å². The molecule has 4 fully saturated rings. The average Bonchev–Trinajstić information content (AvgIpc) is 2.76. The topological polar surface area (TPSA) is 111 Å². The molecular formula is C24H26ClN3O5. The van der Waals surface area contributed by atoms with Crippen molar-refractivity contribution >= 4 is 34.9 Å². The van der Waals surface area contributed by atoms with E-state index in [9.17, 15) is 19.5 Å². The van der Waals surface area contributed by atoms with Gasteiger partial charge < -0.3 is 15.2 Å². The minimum atomic E-state index is -0.769. The summed E-state index contributed by atoms with van der Waals surface area (Å²) < 4.78 is 6.44. The van der Waals surface area contributed by atoms with Gasteiger partial charge in [0.2, 0.25) is 0 Å². The molecule has 0 aliphatic heterocycles. The maximum absolute atomic E-state index is 13.3. The van der Waals surface area contributed by atoms with Gasteiger partial charge in [-0.3, -0.25) is 9.59 Å². The van der Waals surface area contributed by atoms with Crippen molar-refractivity contribution in [2.75, 3.05) is 11.9 Å². The first-order valence-electron chi connectivity index (χ1n) is 11.3. The summed E-state index contributed by atoms with van der Waals surface area (Å²) in [4.78, 5) is 37.3. The van der Waals surface area contributed by atoms with Gasteiger partial charge in [-0.25, -0.2) is 9.48 Å². The number of hydrogen-bond donors (Lipinski definition) is 2. The number of rotatable bonds is 6. The zero-order chi connectivity index (χ0) is 23.4. The highest BCUT2D eigenvalue weighted by atomic mass is 35.5. The summed E-state index contributed by atoms with van der Waals surface area (Å²) in [5, 5.41) is 17.6. The Morgan fingerprint density at radius 3 is 2.48 bits per heavy atom. The Bertz CT molecular complexity index is 1160. The summed E-state index contributed by atoms with van der Waals surface area (Å²) in [6.45, 7) is 2.04. The summed E-state index contributed by atoms with van der Waals surface area (Å²) in [6.07, 6.45) is 5.88. The minimum Gasteiger partial charge on any atom is -0.481 e. The number of esters is 1. The first-order valence-corrected chi connectivity index (χ1v) is 11.7. The van der Waals surface area contributed by atoms with Crippen molar-refractivity contribution in [1.82, 2.24) is 9.78 Å². The van der Waals surface area contributed by atoms with Crippen LogP contribution in [0.3, 0.4) is 0 Å². The molecule has 1 aromatic heterocycles. The molecule has 0 saturated heterocycles. The fourth-order valence-corrected chi connectivity index (χ4v) is 6.81. The van der Waals surface area contributed by atoms with Crippen LogP contribution in [-0.2, 0) is 15.1 Å². The summed E-state index contributed by atoms with van der Waals surface area (Å²) in [5.41, 5.74) is -0.343. The van der Waals surface area contributed by atoms with Crippen LogP contribution in [0, 0.1) is 17.3 Å². The predicted octanol–water partition coefficient (Wildman–Crippen LogP) is 4.20. The second-order valence-electron chi connectivity index (χ2n) is 9.78. The van der Waals surface area contributed by atoms with Crippen LogP contribution in [0.25, 0.3) is 0 Å². The number of carboxylic acid groups (broad SMARTS) is 1. The van der Waals surface area contributed by atoms with E-state index in [1.165, 1.54) is 10.9 Å². The Morgan fingerprint density at radius 1 is 1.21 bits per heavy atom. The first-order chi connectivity index (χ1) is 15.7. The minimum absolute atomic E-state index is 0.0135. The molecule has 4 aliphatic carbocycles. The highest BCUT2D eigenvalue weighted by Gasteiger charge is 2.62. The summed E-state index contributed by atoms with van der Waals surface area (Å²) >= 11 is 6.48. The number of carboxylic acids is 1. The van der Waals surface area contributed by atoms with Crippen molar-refractivity contribution < 1.29 is 19.4 Å². The zero-order valence-electron chi connectivity index (χ0n) is 18.3. The largest absolute Gasteiger partial charge is 0.481 e. The maximum atomic E-state index is 13.3. The maximum Gasteiger partial charge on any atom is 0.338 e. The van der Waals surface area contributed by atoms with Crippen molar-refractivity contribution in [3.63, 3.8) is 0 Å². The molecule has 4 bridgehead atoms. The SMILES string of the molecule is CCOC(=O)c1ccc(Nc2cnn(C34CC5CC(CC(C(=O)O)(C5)C3)C4)c(=O)c2Cl)cc1. The van der Waals surface area contributed by atoms with E-state index in [0.717, 1.165) is 19.3 Å². The third-order valence-electron chi connectivity index (χ3n) is 7.53. The summed E-state index contributed by atoms with van der Waals surface area (Å²) in [7, 11) is 0. The number of anilines is 2. The molecule has 4 aliphatic rings. The normalized spacial score (nSPS) is 29.6. The van der Waals surface area contributed by atoms with Crippen molar-refractivity contribution in [2.24, 2.45) is 17.3 Å². The number of carbonyl (C=O) groups is 2. The second-order valence-corrected chi connectivity index (χ2v) is 10.2. The average molecular weight is 472 g/mol. The second kappa shape index (κ2) is 7.87. The molecule has 4 saturated carbocycles. The zero-order valence-corrected chi connectivity index (χ0v) is 19.1. The lowest BCUT2D eigenvalue weighted by molar-refractivity contribution is -0.173. The predicted molar refractivity (Wildman–Crippen MR) is 122 cm³/mol. The summed E-state index contributed by atoms with van der Waals surface area (Å²) in [6, 6.07) is 6.65. The van der Waals surface area contributed by atoms with E-state index < -0.39 is 28.5 Å². The molecule has 33 heavy (non-hydrogen) atoms. The number of carbonyl (C=O) groups excluding carboxylic acids is 1. The molecule has 0 spiro atoms. The highest BCUT2D eigenvalue weighted by molar-refractivity contribution is 6.33. The highest BCUT2D eigenvalue weighted by Crippen LogP contribution is 2.63. The van der Waals surface area contributed by atoms with Gasteiger partial charge in [-0.05, 0) is 81.5 Å². The van der Waals surface area contributed by atoms with Gasteiger partial charge in [0.1, 0.15) is 5.02 Å². The lowest BCUT2D eigenvalue weighted by Gasteiger charge is -2.60. The Morgan fingerprint density at radius 2 is 1.88 bits per heavy atom. The molecule has 9 heteroatoms. The molecule has 0 radical (unpaired) electrons. The Balaban J connectivity index is 1.42. The Labute approximate surface area is 195 Å². The molecule has 8 nitrogen and oxygen atoms in total. The fourth-order valence-electron chi connectivity index (χ4n) is 6.63. The number of nitrogens with one attached hydrogen (secondary N) is 1. The molecule has 2 atom stereocenters. The Hall–Kier alpha value is -2.87. The van der Waals surface area contributed by atoms with Crippen molar-refractivity contribution in [3.8, 4) is 0 Å². The van der Waals surface area contributed by atoms with E-state index in [1.807, 2.05) is 0 Å². The third-order valence-corrected chi connectivity index (χ3v) is 7.89. The number of aromatic nitrogens is 2. The number of nitrogens with zero attached hydrogens (tertiary/aromatic N) is 2. The molecule has 1 aromatic carbocycles. The summed E-state index contributed by atoms with van der Waals surface area (Å²) in [5.74, 6) is -0.568. The van der Waals surface area contributed by atoms with Crippen LogP contribution in [-0.4, -0.2) is 33.4 Å². The molecule has 2 unspecified atom stereocenters. The van der Waals surface area contributed by atoms with Crippen molar-refractivity contribution in [1.29, 1.82) is 0 Å². The first kappa shape index (κ1) is 21.9. The van der Waals surface area contributed by atoms with Gasteiger partial charge >= 0.3 is 11.9 Å². The van der Waals surface area contributed by atoms with Crippen LogP contribution in [0.1, 0.15) is 55.8 Å². The van der Waals surface area contributed by atoms with Crippen LogP contribution in [0.5, 0.6) is 0 Å². The van der Waals surface area contributed by atoms with Crippen molar-refractivity contribution in [3.05, 3.63) is 51.4 Å². The lowest BCUT2D eigenvalue weighted by atomic mass is 9.47. The van der Waals surface area contributed by atoms with Gasteiger partial charge in [0, 0.05) is 5.69 Å². The quantitative estimate of drug-likeness (QED) is 0.607. The van der Waals surface area contributed by atoms with Gasteiger partial charge in [-0.1, -0.05) is 11.6 Å². The van der Waals surface area contributed by atoms with Crippen LogP contribution >= 0.6 is 11.6 Å². The van der Waals surface area contributed by atoms with Gasteiger partial charge in [0.15, 0.2) is 0 Å². The van der Waals surface area contributed by atoms with Crippen molar-refractivity contribution in [2.45, 2.75) is 51.0 Å². The van der Waals surface area contributed by atoms with E-state index in [-0.39, 0.29) is 5.02 Å². The lowest BCUT2D eigenvalue weighted by Crippen LogP contribution is -2.61. The molecule has 1 heterocycles. The molecule has 174 valence electrons. The van der Waals surface area contributed by atoms with Crippen LogP contribution < -0.4 is 10.9 Å². The Kier molecular flexibility index (Phi) is 5.23. The van der Waals surface area contributed by atoms with Gasteiger partial charge in [0.25, 0.3) is 5.56 Å². The molecule has 0 amide bonds. The number of ether oxygens (including phenoxy) is 1. The van der Waals surface area contributed by atoms with E-state index in [2.05, 4.69) is 10.4 Å². The molecular weight excluding hydrogens is 446 g/mol. The molecule has 2 aromatic rings. The third kappa shape index (κ3) is 3.60. The van der Waals surface area contributed by atoms with Gasteiger partial charge in [0.05, 0.1) is 35.0 Å². The van der Waals surface area contributed by atoms with Gasteiger partial charge in [-0.2, -0.15) is 5.10 Å². The standard InChI is InChI=1S/C24H26ClN3O5/c1-2-33-21(30)16-3-5-17(6-4-16)27-18-12-26-28(20(29)19(18)25)24-10-14-7-15(11-24)9-23(8-14,13-24)22(31)32/h3-6,12,14-15,27H,2,7-11,13H2,1H3,(H,31,32). The fraction of sp³-hybridized carbons (Fsp3) is 0.500. The van der Waals surface area contributed by atoms with Crippen LogP contribution in [0.15, 0.2) is 35.3 Å². The van der Waals surface area contributed by atoms with E-state index in [4.69, 9.17) is 16.3 Å². The van der Waals surface area contributed by atoms with Crippen LogP contribution in [0.2, 0.25) is 5.02 Å². The monoisotopic (exact) mass is 471 g/mol.